The number of carbonyl (C=O) groups is 1. The summed E-state index contributed by atoms with van der Waals surface area (Å²) in [5.41, 5.74) is 1.10. The molecule has 0 amide bonds. The summed E-state index contributed by atoms with van der Waals surface area (Å²) in [5, 5.41) is 0. The van der Waals surface area contributed by atoms with Gasteiger partial charge in [-0.15, -0.1) is 29.9 Å². The van der Waals surface area contributed by atoms with E-state index < -0.39 is 5.60 Å². The van der Waals surface area contributed by atoms with Gasteiger partial charge in [0, 0.05) is 23.8 Å². The van der Waals surface area contributed by atoms with Crippen molar-refractivity contribution in [3.05, 3.63) is 11.6 Å². The molecule has 4 aliphatic carbocycles. The molecule has 2 nitrogen and oxygen atoms in total. The van der Waals surface area contributed by atoms with Crippen LogP contribution >= 0.6 is 23.5 Å². The Morgan fingerprint density at radius 1 is 1.17 bits per heavy atom. The van der Waals surface area contributed by atoms with Gasteiger partial charge >= 0.3 is 5.97 Å². The first kappa shape index (κ1) is 20.4. The van der Waals surface area contributed by atoms with Gasteiger partial charge < -0.3 is 4.74 Å². The van der Waals surface area contributed by atoms with E-state index >= 15 is 0 Å². The lowest BCUT2D eigenvalue weighted by atomic mass is 9.49. The molecule has 158 valence electrons. The van der Waals surface area contributed by atoms with E-state index in [1.807, 2.05) is 0 Å². The summed E-state index contributed by atoms with van der Waals surface area (Å²) in [6.07, 6.45) is 19.5. The predicted octanol–water partition coefficient (Wildman–Crippen LogP) is 6.06. The van der Waals surface area contributed by atoms with Gasteiger partial charge in [-0.3, -0.25) is 4.79 Å². The molecule has 29 heavy (non-hydrogen) atoms. The van der Waals surface area contributed by atoms with Crippen LogP contribution in [0.5, 0.6) is 0 Å². The molecule has 1 aliphatic heterocycles. The van der Waals surface area contributed by atoms with Gasteiger partial charge in [0.1, 0.15) is 0 Å². The molecule has 4 heteroatoms. The van der Waals surface area contributed by atoms with Crippen LogP contribution in [0, 0.1) is 41.4 Å². The van der Waals surface area contributed by atoms with E-state index in [4.69, 9.17) is 11.2 Å². The molecule has 0 bridgehead atoms. The monoisotopic (exact) mass is 430 g/mol. The fourth-order valence-electron chi connectivity index (χ4n) is 8.20. The molecule has 0 aromatic heterocycles. The van der Waals surface area contributed by atoms with E-state index in [-0.39, 0.29) is 11.4 Å². The molecule has 0 unspecified atom stereocenters. The molecule has 1 heterocycles. The molecule has 5 rings (SSSR count). The standard InChI is InChI=1S/C25H34O2S2/c1-4-23-11-8-20-19-9-13-25(28-14-15-29-25)16-18(19)6-7-21(20)22(23)10-12-24(23,5-2)27-17(3)26/h2,16,19-22H,4,6-15H2,1,3H3/t19-,20+,21+,22-,23-,24-/m0/s1. The third kappa shape index (κ3) is 2.89. The summed E-state index contributed by atoms with van der Waals surface area (Å²) in [4.78, 5) is 12.0. The lowest BCUT2D eigenvalue weighted by Gasteiger charge is -2.57. The summed E-state index contributed by atoms with van der Waals surface area (Å²) < 4.78 is 6.37. The van der Waals surface area contributed by atoms with Crippen LogP contribution in [0.2, 0.25) is 0 Å². The van der Waals surface area contributed by atoms with Gasteiger partial charge in [-0.1, -0.05) is 24.5 Å². The SMILES string of the molecule is C#C[C@]1(OC(C)=O)CC[C@H]2[C@@H]3CCC4=CC5(CC[C@@H]4[C@H]3CC[C@@]21CC)SCCS5. The number of esters is 1. The fourth-order valence-corrected chi connectivity index (χ4v) is 11.4. The number of thioether (sulfide) groups is 2. The summed E-state index contributed by atoms with van der Waals surface area (Å²) in [6.45, 7) is 3.80. The summed E-state index contributed by atoms with van der Waals surface area (Å²) in [7, 11) is 0. The quantitative estimate of drug-likeness (QED) is 0.302. The fraction of sp³-hybridized carbons (Fsp3) is 0.800. The zero-order valence-electron chi connectivity index (χ0n) is 17.9. The van der Waals surface area contributed by atoms with Gasteiger partial charge in [-0.2, -0.15) is 0 Å². The van der Waals surface area contributed by atoms with Crippen LogP contribution in [0.25, 0.3) is 0 Å². The van der Waals surface area contributed by atoms with Crippen molar-refractivity contribution >= 4 is 29.5 Å². The third-order valence-corrected chi connectivity index (χ3v) is 12.6. The average Bonchev–Trinajstić information content (AvgIpc) is 3.30. The van der Waals surface area contributed by atoms with E-state index in [2.05, 4.69) is 42.4 Å². The lowest BCUT2D eigenvalue weighted by molar-refractivity contribution is -0.170. The smallest absolute Gasteiger partial charge is 0.304 e. The molecule has 4 fully saturated rings. The van der Waals surface area contributed by atoms with Crippen LogP contribution in [0.3, 0.4) is 0 Å². The number of hydrogen-bond acceptors (Lipinski definition) is 4. The number of allylic oxidation sites excluding steroid dienone is 1. The second-order valence-corrected chi connectivity index (χ2v) is 13.1. The van der Waals surface area contributed by atoms with Crippen molar-refractivity contribution in [2.24, 2.45) is 29.1 Å². The maximum atomic E-state index is 12.0. The number of ether oxygens (including phenoxy) is 1. The highest BCUT2D eigenvalue weighted by atomic mass is 32.2. The molecule has 3 saturated carbocycles. The molecule has 0 radical (unpaired) electrons. The number of carbonyl (C=O) groups excluding carboxylic acids is 1. The van der Waals surface area contributed by atoms with Crippen molar-refractivity contribution < 1.29 is 9.53 Å². The van der Waals surface area contributed by atoms with Crippen molar-refractivity contribution in [3.8, 4) is 12.3 Å². The zero-order valence-corrected chi connectivity index (χ0v) is 19.5. The van der Waals surface area contributed by atoms with Gasteiger partial charge in [-0.05, 0) is 81.5 Å². The second-order valence-electron chi connectivity index (χ2n) is 10.00. The average molecular weight is 431 g/mol. The second kappa shape index (κ2) is 7.27. The number of terminal acetylenes is 1. The van der Waals surface area contributed by atoms with E-state index in [0.29, 0.717) is 10.00 Å². The molecule has 0 N–H and O–H groups in total. The maximum Gasteiger partial charge on any atom is 0.304 e. The van der Waals surface area contributed by atoms with Crippen molar-refractivity contribution in [2.45, 2.75) is 81.3 Å². The molecule has 6 atom stereocenters. The van der Waals surface area contributed by atoms with E-state index in [1.54, 1.807) is 5.57 Å². The summed E-state index contributed by atoms with van der Waals surface area (Å²) >= 11 is 4.39. The van der Waals surface area contributed by atoms with Crippen LogP contribution < -0.4 is 0 Å². The lowest BCUT2D eigenvalue weighted by Crippen LogP contribution is -2.55. The molecule has 1 spiro atoms. The van der Waals surface area contributed by atoms with E-state index in [0.717, 1.165) is 43.4 Å². The normalized spacial score (nSPS) is 44.9. The molecular weight excluding hydrogens is 396 g/mol. The maximum absolute atomic E-state index is 12.0. The minimum absolute atomic E-state index is 0.0111. The summed E-state index contributed by atoms with van der Waals surface area (Å²) in [6, 6.07) is 0. The Hall–Kier alpha value is -0.530. The largest absolute Gasteiger partial charge is 0.445 e. The van der Waals surface area contributed by atoms with Crippen LogP contribution in [-0.2, 0) is 9.53 Å². The Labute approximate surface area is 184 Å². The first-order valence-electron chi connectivity index (χ1n) is 11.6. The molecule has 0 aromatic carbocycles. The summed E-state index contributed by atoms with van der Waals surface area (Å²) in [5.74, 6) is 8.44. The van der Waals surface area contributed by atoms with Crippen molar-refractivity contribution in [1.82, 2.24) is 0 Å². The predicted molar refractivity (Wildman–Crippen MR) is 123 cm³/mol. The highest BCUT2D eigenvalue weighted by Gasteiger charge is 2.65. The van der Waals surface area contributed by atoms with Gasteiger partial charge in [0.2, 0.25) is 0 Å². The topological polar surface area (TPSA) is 26.3 Å². The Balaban J connectivity index is 1.44. The van der Waals surface area contributed by atoms with Crippen molar-refractivity contribution in [3.63, 3.8) is 0 Å². The minimum Gasteiger partial charge on any atom is -0.445 e. The Kier molecular flexibility index (Phi) is 5.11. The van der Waals surface area contributed by atoms with Gasteiger partial charge in [0.15, 0.2) is 5.60 Å². The van der Waals surface area contributed by atoms with E-state index in [9.17, 15) is 4.79 Å². The van der Waals surface area contributed by atoms with Gasteiger partial charge in [-0.25, -0.2) is 0 Å². The number of rotatable bonds is 2. The van der Waals surface area contributed by atoms with Crippen LogP contribution in [-0.4, -0.2) is 27.2 Å². The molecule has 1 saturated heterocycles. The van der Waals surface area contributed by atoms with Crippen LogP contribution in [0.15, 0.2) is 11.6 Å². The first-order chi connectivity index (χ1) is 14.0. The molecule has 0 aromatic rings. The first-order valence-corrected chi connectivity index (χ1v) is 13.6. The van der Waals surface area contributed by atoms with Gasteiger partial charge in [0.25, 0.3) is 0 Å². The highest BCUT2D eigenvalue weighted by Crippen LogP contribution is 2.68. The Bertz CT molecular complexity index is 761. The highest BCUT2D eigenvalue weighted by molar-refractivity contribution is 8.21. The van der Waals surface area contributed by atoms with Gasteiger partial charge in [0.05, 0.1) is 4.08 Å². The zero-order chi connectivity index (χ0) is 20.3. The Morgan fingerprint density at radius 3 is 2.66 bits per heavy atom. The number of hydrogen-bond donors (Lipinski definition) is 0. The van der Waals surface area contributed by atoms with Crippen molar-refractivity contribution in [2.75, 3.05) is 11.5 Å². The van der Waals surface area contributed by atoms with Crippen LogP contribution in [0.1, 0.15) is 71.6 Å². The van der Waals surface area contributed by atoms with E-state index in [1.165, 1.54) is 50.5 Å². The van der Waals surface area contributed by atoms with Crippen LogP contribution in [0.4, 0.5) is 0 Å². The Morgan fingerprint density at radius 2 is 1.97 bits per heavy atom. The van der Waals surface area contributed by atoms with Crippen molar-refractivity contribution in [1.29, 1.82) is 0 Å². The molecular formula is C25H34O2S2. The number of fused-ring (bicyclic) bond motifs is 5. The minimum atomic E-state index is -0.674. The third-order valence-electron chi connectivity index (χ3n) is 9.24. The molecule has 5 aliphatic rings.